The van der Waals surface area contributed by atoms with Crippen LogP contribution in [0.4, 0.5) is 5.69 Å². The van der Waals surface area contributed by atoms with Gasteiger partial charge in [0.25, 0.3) is 5.91 Å². The maximum absolute atomic E-state index is 12.0. The molecule has 3 N–H and O–H groups in total. The minimum Gasteiger partial charge on any atom is -0.491 e. The van der Waals surface area contributed by atoms with Gasteiger partial charge in [0.05, 0.1) is 12.3 Å². The number of hydrogen-bond donors (Lipinski definition) is 2. The Morgan fingerprint density at radius 2 is 2.15 bits per heavy atom. The first-order valence-corrected chi connectivity index (χ1v) is 7.35. The summed E-state index contributed by atoms with van der Waals surface area (Å²) in [5.41, 5.74) is 7.02. The number of anilines is 1. The van der Waals surface area contributed by atoms with Crippen LogP contribution in [0.1, 0.15) is 50.4 Å². The number of rotatable bonds is 8. The summed E-state index contributed by atoms with van der Waals surface area (Å²) in [4.78, 5) is 12.0. The molecule has 112 valence electrons. The van der Waals surface area contributed by atoms with E-state index in [1.807, 2.05) is 0 Å². The van der Waals surface area contributed by atoms with Crippen LogP contribution in [-0.4, -0.2) is 19.1 Å². The molecule has 0 radical (unpaired) electrons. The molecule has 0 spiro atoms. The summed E-state index contributed by atoms with van der Waals surface area (Å²) in [7, 11) is 0. The maximum Gasteiger partial charge on any atom is 0.251 e. The van der Waals surface area contributed by atoms with Gasteiger partial charge in [-0.2, -0.15) is 0 Å². The van der Waals surface area contributed by atoms with Crippen LogP contribution in [0.3, 0.4) is 0 Å². The van der Waals surface area contributed by atoms with Crippen molar-refractivity contribution in [1.29, 1.82) is 0 Å². The lowest BCUT2D eigenvalue weighted by atomic mass is 10.1. The molecule has 4 heteroatoms. The number of nitrogen functional groups attached to an aromatic ring is 1. The average Bonchev–Trinajstić information content (AvgIpc) is 2.40. The zero-order chi connectivity index (χ0) is 15.0. The number of carbonyl (C=O) groups is 1. The first-order valence-electron chi connectivity index (χ1n) is 7.35. The Hall–Kier alpha value is -1.71. The number of ether oxygens (including phenoxy) is 1. The van der Waals surface area contributed by atoms with Gasteiger partial charge < -0.3 is 15.8 Å². The zero-order valence-corrected chi connectivity index (χ0v) is 12.7. The molecule has 4 nitrogen and oxygen atoms in total. The molecule has 20 heavy (non-hydrogen) atoms. The van der Waals surface area contributed by atoms with E-state index in [0.29, 0.717) is 36.1 Å². The van der Waals surface area contributed by atoms with Gasteiger partial charge in [0.1, 0.15) is 5.75 Å². The van der Waals surface area contributed by atoms with Crippen molar-refractivity contribution in [2.45, 2.75) is 40.0 Å². The van der Waals surface area contributed by atoms with Gasteiger partial charge in [-0.3, -0.25) is 4.79 Å². The van der Waals surface area contributed by atoms with Crippen LogP contribution < -0.4 is 15.8 Å². The Labute approximate surface area is 121 Å². The zero-order valence-electron chi connectivity index (χ0n) is 12.7. The number of benzene rings is 1. The lowest BCUT2D eigenvalue weighted by Crippen LogP contribution is -2.25. The molecule has 0 heterocycles. The third-order valence-electron chi connectivity index (χ3n) is 3.04. The van der Waals surface area contributed by atoms with Crippen LogP contribution >= 0.6 is 0 Å². The summed E-state index contributed by atoms with van der Waals surface area (Å²) in [6.45, 7) is 7.68. The highest BCUT2D eigenvalue weighted by Crippen LogP contribution is 2.23. The molecule has 0 aromatic heterocycles. The smallest absolute Gasteiger partial charge is 0.251 e. The summed E-state index contributed by atoms with van der Waals surface area (Å²) in [5.74, 6) is 1.09. The standard InChI is InChI=1S/C16H26N2O2/c1-4-5-10-20-15-11-13(6-7-14(15)17)16(19)18-9-8-12(2)3/h6-7,11-12H,4-5,8-10,17H2,1-3H3,(H,18,19). The molecule has 0 saturated carbocycles. The molecule has 1 rings (SSSR count). The van der Waals surface area contributed by atoms with E-state index in [1.165, 1.54) is 0 Å². The molecule has 0 fully saturated rings. The summed E-state index contributed by atoms with van der Waals surface area (Å²) in [5, 5.41) is 2.91. The van der Waals surface area contributed by atoms with Crippen molar-refractivity contribution in [2.75, 3.05) is 18.9 Å². The van der Waals surface area contributed by atoms with Gasteiger partial charge in [-0.05, 0) is 37.0 Å². The van der Waals surface area contributed by atoms with E-state index in [-0.39, 0.29) is 5.91 Å². The first-order chi connectivity index (χ1) is 9.54. The highest BCUT2D eigenvalue weighted by molar-refractivity contribution is 5.95. The molecule has 0 aliphatic heterocycles. The predicted octanol–water partition coefficient (Wildman–Crippen LogP) is 3.22. The summed E-state index contributed by atoms with van der Waals surface area (Å²) in [6, 6.07) is 5.17. The van der Waals surface area contributed by atoms with Crippen LogP contribution in [0.2, 0.25) is 0 Å². The highest BCUT2D eigenvalue weighted by atomic mass is 16.5. The van der Waals surface area contributed by atoms with Crippen molar-refractivity contribution < 1.29 is 9.53 Å². The van der Waals surface area contributed by atoms with Crippen molar-refractivity contribution in [2.24, 2.45) is 5.92 Å². The summed E-state index contributed by atoms with van der Waals surface area (Å²) < 4.78 is 5.61. The van der Waals surface area contributed by atoms with Crippen LogP contribution in [0.25, 0.3) is 0 Å². The molecule has 1 amide bonds. The second-order valence-electron chi connectivity index (χ2n) is 5.39. The number of amides is 1. The largest absolute Gasteiger partial charge is 0.491 e. The lowest BCUT2D eigenvalue weighted by molar-refractivity contribution is 0.0951. The molecule has 0 aliphatic rings. The van der Waals surface area contributed by atoms with E-state index >= 15 is 0 Å². The van der Waals surface area contributed by atoms with Crippen molar-refractivity contribution in [3.63, 3.8) is 0 Å². The molecule has 1 aromatic carbocycles. The number of hydrogen-bond acceptors (Lipinski definition) is 3. The Morgan fingerprint density at radius 1 is 1.40 bits per heavy atom. The van der Waals surface area contributed by atoms with Crippen LogP contribution in [0.5, 0.6) is 5.75 Å². The van der Waals surface area contributed by atoms with E-state index in [1.54, 1.807) is 18.2 Å². The molecule has 0 atom stereocenters. The Morgan fingerprint density at radius 3 is 2.80 bits per heavy atom. The van der Waals surface area contributed by atoms with Crippen LogP contribution in [0, 0.1) is 5.92 Å². The third kappa shape index (κ3) is 5.51. The fourth-order valence-corrected chi connectivity index (χ4v) is 1.70. The number of nitrogens with two attached hydrogens (primary N) is 1. The third-order valence-corrected chi connectivity index (χ3v) is 3.04. The van der Waals surface area contributed by atoms with Crippen molar-refractivity contribution >= 4 is 11.6 Å². The predicted molar refractivity (Wildman–Crippen MR) is 83.0 cm³/mol. The molecular formula is C16H26N2O2. The molecule has 0 bridgehead atoms. The number of nitrogens with one attached hydrogen (secondary N) is 1. The normalized spacial score (nSPS) is 10.6. The molecule has 1 aromatic rings. The molecular weight excluding hydrogens is 252 g/mol. The van der Waals surface area contributed by atoms with Gasteiger partial charge in [-0.1, -0.05) is 27.2 Å². The van der Waals surface area contributed by atoms with Gasteiger partial charge >= 0.3 is 0 Å². The average molecular weight is 278 g/mol. The van der Waals surface area contributed by atoms with E-state index in [0.717, 1.165) is 19.3 Å². The van der Waals surface area contributed by atoms with Gasteiger partial charge in [0.2, 0.25) is 0 Å². The quantitative estimate of drug-likeness (QED) is 0.567. The second-order valence-corrected chi connectivity index (χ2v) is 5.39. The fourth-order valence-electron chi connectivity index (χ4n) is 1.70. The van der Waals surface area contributed by atoms with Crippen molar-refractivity contribution in [3.8, 4) is 5.75 Å². The van der Waals surface area contributed by atoms with E-state index in [4.69, 9.17) is 10.5 Å². The van der Waals surface area contributed by atoms with Gasteiger partial charge in [0.15, 0.2) is 0 Å². The topological polar surface area (TPSA) is 64.3 Å². The van der Waals surface area contributed by atoms with Crippen LogP contribution in [-0.2, 0) is 0 Å². The summed E-state index contributed by atoms with van der Waals surface area (Å²) >= 11 is 0. The fraction of sp³-hybridized carbons (Fsp3) is 0.562. The second kappa shape index (κ2) is 8.46. The Balaban J connectivity index is 2.61. The van der Waals surface area contributed by atoms with E-state index < -0.39 is 0 Å². The monoisotopic (exact) mass is 278 g/mol. The molecule has 0 saturated heterocycles. The molecule has 0 unspecified atom stereocenters. The lowest BCUT2D eigenvalue weighted by Gasteiger charge is -2.11. The first kappa shape index (κ1) is 16.3. The minimum atomic E-state index is -0.0778. The van der Waals surface area contributed by atoms with Crippen molar-refractivity contribution in [1.82, 2.24) is 5.32 Å². The number of carbonyl (C=O) groups excluding carboxylic acids is 1. The van der Waals surface area contributed by atoms with Gasteiger partial charge in [-0.25, -0.2) is 0 Å². The minimum absolute atomic E-state index is 0.0778. The SMILES string of the molecule is CCCCOc1cc(C(=O)NCCC(C)C)ccc1N. The Bertz CT molecular complexity index is 430. The van der Waals surface area contributed by atoms with Gasteiger partial charge in [0, 0.05) is 12.1 Å². The number of unbranched alkanes of at least 4 members (excludes halogenated alkanes) is 1. The Kier molecular flexibility index (Phi) is 6.91. The van der Waals surface area contributed by atoms with E-state index in [9.17, 15) is 4.79 Å². The summed E-state index contributed by atoms with van der Waals surface area (Å²) in [6.07, 6.45) is 3.01. The van der Waals surface area contributed by atoms with Gasteiger partial charge in [-0.15, -0.1) is 0 Å². The van der Waals surface area contributed by atoms with Crippen LogP contribution in [0.15, 0.2) is 18.2 Å². The molecule has 0 aliphatic carbocycles. The van der Waals surface area contributed by atoms with Crippen molar-refractivity contribution in [3.05, 3.63) is 23.8 Å². The highest BCUT2D eigenvalue weighted by Gasteiger charge is 2.09. The maximum atomic E-state index is 12.0. The van der Waals surface area contributed by atoms with E-state index in [2.05, 4.69) is 26.1 Å².